The van der Waals surface area contributed by atoms with Crippen LogP contribution in [0.1, 0.15) is 39.5 Å². The molecule has 0 bridgehead atoms. The lowest BCUT2D eigenvalue weighted by molar-refractivity contribution is 0.140. The van der Waals surface area contributed by atoms with Crippen molar-refractivity contribution in [2.75, 3.05) is 13.2 Å². The number of hydrogen-bond donors (Lipinski definition) is 0. The number of rotatable bonds is 10. The lowest BCUT2D eigenvalue weighted by atomic mass is 10.4. The second-order valence-corrected chi connectivity index (χ2v) is 5.06. The normalized spacial score (nSPS) is 12.2. The van der Waals surface area contributed by atoms with Gasteiger partial charge in [-0.15, -0.1) is 0 Å². The average Bonchev–Trinajstić information content (AvgIpc) is 2.27. The maximum absolute atomic E-state index is 11.9. The van der Waals surface area contributed by atoms with Crippen LogP contribution in [0.4, 0.5) is 0 Å². The summed E-state index contributed by atoms with van der Waals surface area (Å²) in [5.41, 5.74) is 1.12. The first-order chi connectivity index (χ1) is 7.68. The fraction of sp³-hybridized carbons (Fsp3) is 0.800. The summed E-state index contributed by atoms with van der Waals surface area (Å²) in [5.74, 6) is 0. The van der Waals surface area contributed by atoms with Crippen LogP contribution in [-0.4, -0.2) is 13.2 Å². The van der Waals surface area contributed by atoms with Crippen molar-refractivity contribution < 1.29 is 18.1 Å². The zero-order valence-electron chi connectivity index (χ0n) is 9.86. The largest absolute Gasteiger partial charge is 0.529 e. The van der Waals surface area contributed by atoms with Crippen LogP contribution in [0.2, 0.25) is 0 Å². The van der Waals surface area contributed by atoms with Gasteiger partial charge in [0.05, 0.1) is 13.2 Å². The van der Waals surface area contributed by atoms with Gasteiger partial charge in [0.1, 0.15) is 6.26 Å². The highest BCUT2D eigenvalue weighted by Gasteiger charge is 2.26. The minimum Gasteiger partial charge on any atom is -0.411 e. The van der Waals surface area contributed by atoms with E-state index >= 15 is 0 Å². The van der Waals surface area contributed by atoms with Crippen LogP contribution in [0, 0.1) is 0 Å². The molecule has 0 N–H and O–H groups in total. The van der Waals surface area contributed by atoms with E-state index in [0.29, 0.717) is 13.2 Å². The molecular weight excluding hydrogens is 251 g/mol. The zero-order chi connectivity index (χ0) is 12.3. The maximum atomic E-state index is 11.9. The van der Waals surface area contributed by atoms with Crippen molar-refractivity contribution in [1.29, 1.82) is 0 Å². The minimum atomic E-state index is -3.47. The summed E-state index contributed by atoms with van der Waals surface area (Å²) in [6.07, 6.45) is 4.66. The first-order valence-electron chi connectivity index (χ1n) is 5.51. The van der Waals surface area contributed by atoms with Gasteiger partial charge in [-0.3, -0.25) is 9.05 Å². The molecule has 0 aliphatic heterocycles. The lowest BCUT2D eigenvalue weighted by Crippen LogP contribution is -2.00. The summed E-state index contributed by atoms with van der Waals surface area (Å²) in [5, 5.41) is 0. The molecule has 0 aromatic carbocycles. The molecule has 0 aliphatic rings. The first kappa shape index (κ1) is 16.0. The molecular formula is C10H20ClO4P. The van der Waals surface area contributed by atoms with Crippen LogP contribution in [-0.2, 0) is 18.1 Å². The minimum absolute atomic E-state index is 0.357. The third kappa shape index (κ3) is 8.17. The fourth-order valence-electron chi connectivity index (χ4n) is 0.837. The van der Waals surface area contributed by atoms with E-state index in [2.05, 4.69) is 0 Å². The molecule has 0 aromatic heterocycles. The summed E-state index contributed by atoms with van der Waals surface area (Å²) < 4.78 is 27.1. The van der Waals surface area contributed by atoms with Crippen molar-refractivity contribution >= 4 is 19.4 Å². The SMILES string of the molecule is CCCCOP(=O)(OC=CCl)OCCCC. The number of halogens is 1. The van der Waals surface area contributed by atoms with E-state index in [1.54, 1.807) is 0 Å². The highest BCUT2D eigenvalue weighted by atomic mass is 35.5. The molecule has 0 amide bonds. The number of phosphoric ester groups is 1. The Morgan fingerprint density at radius 3 is 2.00 bits per heavy atom. The van der Waals surface area contributed by atoms with Gasteiger partial charge in [-0.1, -0.05) is 38.3 Å². The molecule has 16 heavy (non-hydrogen) atoms. The van der Waals surface area contributed by atoms with Crippen molar-refractivity contribution in [3.05, 3.63) is 11.8 Å². The van der Waals surface area contributed by atoms with Gasteiger partial charge in [0.2, 0.25) is 0 Å². The molecule has 0 unspecified atom stereocenters. The van der Waals surface area contributed by atoms with E-state index < -0.39 is 7.82 Å². The van der Waals surface area contributed by atoms with Crippen molar-refractivity contribution in [3.63, 3.8) is 0 Å². The second kappa shape index (κ2) is 10.2. The summed E-state index contributed by atoms with van der Waals surface area (Å²) >= 11 is 5.29. The molecule has 0 aromatic rings. The summed E-state index contributed by atoms with van der Waals surface area (Å²) in [4.78, 5) is 0. The molecule has 0 fully saturated rings. The molecule has 0 radical (unpaired) electrons. The topological polar surface area (TPSA) is 44.8 Å². The molecule has 6 heteroatoms. The Labute approximate surface area is 103 Å². The van der Waals surface area contributed by atoms with Crippen LogP contribution in [0.5, 0.6) is 0 Å². The molecule has 0 saturated heterocycles. The van der Waals surface area contributed by atoms with Gasteiger partial charge in [-0.05, 0) is 12.8 Å². The summed E-state index contributed by atoms with van der Waals surface area (Å²) in [6.45, 7) is 4.75. The van der Waals surface area contributed by atoms with Crippen LogP contribution < -0.4 is 0 Å². The van der Waals surface area contributed by atoms with Crippen molar-refractivity contribution in [1.82, 2.24) is 0 Å². The Hall–Kier alpha value is -0.0200. The Morgan fingerprint density at radius 1 is 1.12 bits per heavy atom. The molecule has 0 rings (SSSR count). The van der Waals surface area contributed by atoms with E-state index in [1.165, 1.54) is 0 Å². The third-order valence-electron chi connectivity index (χ3n) is 1.74. The summed E-state index contributed by atoms with van der Waals surface area (Å²) in [6, 6.07) is 0. The van der Waals surface area contributed by atoms with E-state index in [9.17, 15) is 4.57 Å². The summed E-state index contributed by atoms with van der Waals surface area (Å²) in [7, 11) is -3.47. The second-order valence-electron chi connectivity index (χ2n) is 3.19. The fourth-order valence-corrected chi connectivity index (χ4v) is 2.07. The smallest absolute Gasteiger partial charge is 0.411 e. The molecule has 0 saturated carbocycles. The lowest BCUT2D eigenvalue weighted by Gasteiger charge is -2.15. The Bertz CT molecular complexity index is 219. The van der Waals surface area contributed by atoms with E-state index in [-0.39, 0.29) is 0 Å². The zero-order valence-corrected chi connectivity index (χ0v) is 11.5. The highest BCUT2D eigenvalue weighted by molar-refractivity contribution is 7.48. The van der Waals surface area contributed by atoms with Crippen molar-refractivity contribution in [2.24, 2.45) is 0 Å². The number of hydrogen-bond acceptors (Lipinski definition) is 4. The Morgan fingerprint density at radius 2 is 1.62 bits per heavy atom. The number of phosphoric acid groups is 1. The third-order valence-corrected chi connectivity index (χ3v) is 3.22. The first-order valence-corrected chi connectivity index (χ1v) is 7.41. The van der Waals surface area contributed by atoms with Gasteiger partial charge in [0, 0.05) is 5.54 Å². The maximum Gasteiger partial charge on any atom is 0.529 e. The van der Waals surface area contributed by atoms with Gasteiger partial charge >= 0.3 is 7.82 Å². The standard InChI is InChI=1S/C10H20ClO4P/c1-3-5-8-13-16(12,15-10-7-11)14-9-6-4-2/h7,10H,3-6,8-9H2,1-2H3. The van der Waals surface area contributed by atoms with Gasteiger partial charge in [0.25, 0.3) is 0 Å². The Kier molecular flexibility index (Phi) is 10.1. The van der Waals surface area contributed by atoms with Gasteiger partial charge < -0.3 is 4.52 Å². The monoisotopic (exact) mass is 270 g/mol. The molecule has 96 valence electrons. The highest BCUT2D eigenvalue weighted by Crippen LogP contribution is 2.50. The van der Waals surface area contributed by atoms with Crippen LogP contribution in [0.15, 0.2) is 11.8 Å². The van der Waals surface area contributed by atoms with Gasteiger partial charge in [-0.2, -0.15) is 0 Å². The van der Waals surface area contributed by atoms with Crippen molar-refractivity contribution in [2.45, 2.75) is 39.5 Å². The van der Waals surface area contributed by atoms with E-state index in [0.717, 1.165) is 37.5 Å². The Balaban J connectivity index is 4.07. The molecule has 4 nitrogen and oxygen atoms in total. The van der Waals surface area contributed by atoms with Crippen LogP contribution in [0.3, 0.4) is 0 Å². The molecule has 0 spiro atoms. The molecule has 0 heterocycles. The predicted octanol–water partition coefficient (Wildman–Crippen LogP) is 4.45. The van der Waals surface area contributed by atoms with Crippen molar-refractivity contribution in [3.8, 4) is 0 Å². The molecule has 0 aliphatic carbocycles. The van der Waals surface area contributed by atoms with Gasteiger partial charge in [0.15, 0.2) is 0 Å². The number of unbranched alkanes of at least 4 members (excludes halogenated alkanes) is 2. The van der Waals surface area contributed by atoms with Crippen LogP contribution >= 0.6 is 19.4 Å². The van der Waals surface area contributed by atoms with Crippen LogP contribution in [0.25, 0.3) is 0 Å². The quantitative estimate of drug-likeness (QED) is 0.334. The average molecular weight is 271 g/mol. The molecule has 0 atom stereocenters. The van der Waals surface area contributed by atoms with E-state index in [1.807, 2.05) is 13.8 Å². The predicted molar refractivity (Wildman–Crippen MR) is 65.4 cm³/mol. The van der Waals surface area contributed by atoms with Gasteiger partial charge in [-0.25, -0.2) is 4.57 Å². The van der Waals surface area contributed by atoms with E-state index in [4.69, 9.17) is 25.2 Å².